The molecule has 2 bridgehead atoms. The van der Waals surface area contributed by atoms with Crippen molar-refractivity contribution in [2.24, 2.45) is 0 Å². The van der Waals surface area contributed by atoms with E-state index in [4.69, 9.17) is 0 Å². The van der Waals surface area contributed by atoms with E-state index in [0.717, 1.165) is 29.5 Å². The lowest BCUT2D eigenvalue weighted by Crippen LogP contribution is -2.38. The summed E-state index contributed by atoms with van der Waals surface area (Å²) >= 11 is 1.58. The van der Waals surface area contributed by atoms with Crippen LogP contribution in [0.2, 0.25) is 0 Å². The van der Waals surface area contributed by atoms with Crippen LogP contribution in [0.4, 0.5) is 0 Å². The van der Waals surface area contributed by atoms with Crippen LogP contribution >= 0.6 is 11.8 Å². The second-order valence-electron chi connectivity index (χ2n) is 6.92. The van der Waals surface area contributed by atoms with Gasteiger partial charge in [-0.25, -0.2) is 19.5 Å². The van der Waals surface area contributed by atoms with E-state index in [-0.39, 0.29) is 0 Å². The Labute approximate surface area is 150 Å². The van der Waals surface area contributed by atoms with Gasteiger partial charge in [0.2, 0.25) is 0 Å². The molecule has 0 aliphatic carbocycles. The number of hydrogen-bond donors (Lipinski definition) is 0. The molecule has 0 amide bonds. The molecule has 0 saturated carbocycles. The van der Waals surface area contributed by atoms with Crippen LogP contribution in [0.1, 0.15) is 41.4 Å². The molecule has 0 unspecified atom stereocenters. The van der Waals surface area contributed by atoms with Gasteiger partial charge in [-0.2, -0.15) is 5.10 Å². The number of aromatic nitrogens is 5. The molecule has 0 aromatic carbocycles. The molecule has 2 atom stereocenters. The summed E-state index contributed by atoms with van der Waals surface area (Å²) in [5.74, 6) is 0. The van der Waals surface area contributed by atoms with Crippen molar-refractivity contribution in [1.29, 1.82) is 0 Å². The number of hydrogen-bond acceptors (Lipinski definition) is 6. The highest BCUT2D eigenvalue weighted by Gasteiger charge is 2.41. The molecule has 3 aromatic heterocycles. The predicted molar refractivity (Wildman–Crippen MR) is 96.5 cm³/mol. The molecular formula is C18H20N6S. The molecule has 25 heavy (non-hydrogen) atoms. The van der Waals surface area contributed by atoms with E-state index in [1.165, 1.54) is 29.7 Å². The fourth-order valence-corrected chi connectivity index (χ4v) is 4.60. The lowest BCUT2D eigenvalue weighted by molar-refractivity contribution is 0.164. The Kier molecular flexibility index (Phi) is 3.53. The number of aryl methyl sites for hydroxylation is 1. The van der Waals surface area contributed by atoms with Crippen molar-refractivity contribution in [3.05, 3.63) is 47.2 Å². The zero-order chi connectivity index (χ0) is 17.0. The van der Waals surface area contributed by atoms with Crippen LogP contribution < -0.4 is 0 Å². The zero-order valence-corrected chi connectivity index (χ0v) is 15.2. The van der Waals surface area contributed by atoms with Gasteiger partial charge in [0.25, 0.3) is 0 Å². The predicted octanol–water partition coefficient (Wildman–Crippen LogP) is 2.81. The third-order valence-corrected chi connectivity index (χ3v) is 5.97. The van der Waals surface area contributed by atoms with Crippen molar-refractivity contribution in [2.45, 2.75) is 50.0 Å². The van der Waals surface area contributed by atoms with Crippen LogP contribution in [0.15, 0.2) is 29.8 Å². The van der Waals surface area contributed by atoms with E-state index in [2.05, 4.69) is 41.7 Å². The monoisotopic (exact) mass is 352 g/mol. The van der Waals surface area contributed by atoms with E-state index in [9.17, 15) is 0 Å². The maximum Gasteiger partial charge on any atom is 0.187 e. The fraction of sp³-hybridized carbons (Fsp3) is 0.444. The third-order valence-electron chi connectivity index (χ3n) is 5.40. The number of thioether (sulfide) groups is 1. The highest BCUT2D eigenvalue weighted by atomic mass is 32.2. The van der Waals surface area contributed by atoms with Crippen LogP contribution in [0.25, 0.3) is 5.65 Å². The van der Waals surface area contributed by atoms with Gasteiger partial charge in [-0.15, -0.1) is 0 Å². The van der Waals surface area contributed by atoms with E-state index < -0.39 is 0 Å². The van der Waals surface area contributed by atoms with Gasteiger partial charge in [-0.3, -0.25) is 4.90 Å². The second-order valence-corrected chi connectivity index (χ2v) is 7.69. The Bertz CT molecular complexity index is 935. The van der Waals surface area contributed by atoms with Crippen molar-refractivity contribution in [2.75, 3.05) is 6.26 Å². The van der Waals surface area contributed by atoms with Crippen LogP contribution in [0.3, 0.4) is 0 Å². The lowest BCUT2D eigenvalue weighted by Gasteiger charge is -2.36. The van der Waals surface area contributed by atoms with Gasteiger partial charge in [0.05, 0.1) is 11.4 Å². The first kappa shape index (κ1) is 15.3. The summed E-state index contributed by atoms with van der Waals surface area (Å²) in [4.78, 5) is 16.1. The van der Waals surface area contributed by atoms with Gasteiger partial charge < -0.3 is 0 Å². The van der Waals surface area contributed by atoms with Gasteiger partial charge in [0, 0.05) is 60.8 Å². The Morgan fingerprint density at radius 2 is 2.00 bits per heavy atom. The Balaban J connectivity index is 1.49. The van der Waals surface area contributed by atoms with Gasteiger partial charge in [0.1, 0.15) is 0 Å². The first-order valence-corrected chi connectivity index (χ1v) is 9.90. The topological polar surface area (TPSA) is 59.2 Å². The summed E-state index contributed by atoms with van der Waals surface area (Å²) in [6.45, 7) is 2.93. The number of rotatable bonds is 3. The largest absolute Gasteiger partial charge is 0.289 e. The van der Waals surface area contributed by atoms with E-state index in [1.807, 2.05) is 25.6 Å². The average molecular weight is 352 g/mol. The average Bonchev–Trinajstić information content (AvgIpc) is 3.13. The maximum atomic E-state index is 4.66. The summed E-state index contributed by atoms with van der Waals surface area (Å²) in [7, 11) is 0. The molecule has 1 saturated heterocycles. The van der Waals surface area contributed by atoms with Crippen LogP contribution in [-0.4, -0.2) is 41.8 Å². The number of fused-ring (bicyclic) bond motifs is 6. The van der Waals surface area contributed by atoms with E-state index >= 15 is 0 Å². The van der Waals surface area contributed by atoms with Crippen LogP contribution in [0, 0.1) is 6.92 Å². The van der Waals surface area contributed by atoms with Crippen molar-refractivity contribution in [1.82, 2.24) is 29.5 Å². The smallest absolute Gasteiger partial charge is 0.187 e. The van der Waals surface area contributed by atoms with E-state index in [0.29, 0.717) is 12.1 Å². The zero-order valence-electron chi connectivity index (χ0n) is 14.4. The molecular weight excluding hydrogens is 332 g/mol. The molecule has 6 nitrogen and oxygen atoms in total. The van der Waals surface area contributed by atoms with Crippen molar-refractivity contribution in [3.63, 3.8) is 0 Å². The second kappa shape index (κ2) is 5.78. The minimum absolute atomic E-state index is 0.426. The molecule has 5 rings (SSSR count). The minimum atomic E-state index is 0.426. The van der Waals surface area contributed by atoms with E-state index in [1.54, 1.807) is 11.8 Å². The molecule has 7 heteroatoms. The van der Waals surface area contributed by atoms with Crippen molar-refractivity contribution >= 4 is 17.4 Å². The van der Waals surface area contributed by atoms with Gasteiger partial charge in [0.15, 0.2) is 10.8 Å². The van der Waals surface area contributed by atoms with Crippen molar-refractivity contribution < 1.29 is 0 Å². The van der Waals surface area contributed by atoms with Crippen molar-refractivity contribution in [3.8, 4) is 0 Å². The minimum Gasteiger partial charge on any atom is -0.289 e. The summed E-state index contributed by atoms with van der Waals surface area (Å²) in [5.41, 5.74) is 5.86. The Morgan fingerprint density at radius 3 is 2.80 bits per heavy atom. The Morgan fingerprint density at radius 1 is 1.16 bits per heavy atom. The first-order valence-electron chi connectivity index (χ1n) is 8.68. The molecule has 1 fully saturated rings. The molecule has 2 aliphatic heterocycles. The number of nitrogens with zero attached hydrogens (tertiary/aromatic N) is 6. The molecule has 3 aromatic rings. The Hall–Kier alpha value is -1.99. The highest BCUT2D eigenvalue weighted by Crippen LogP contribution is 2.44. The lowest BCUT2D eigenvalue weighted by atomic mass is 9.98. The molecule has 128 valence electrons. The third kappa shape index (κ3) is 2.45. The highest BCUT2D eigenvalue weighted by molar-refractivity contribution is 7.98. The summed E-state index contributed by atoms with van der Waals surface area (Å²) in [5, 5.41) is 5.49. The first-order chi connectivity index (χ1) is 12.2. The standard InChI is InChI=1S/C18H20N6S/c1-11-5-17-19-9-14-15-4-3-13(6-16(14)24(17)22-11)23(15)10-12-7-20-18(25-2)21-8-12/h5,7-9,13,15H,3-4,6,10H2,1-2H3/t13-,15-/m1/s1. The molecule has 2 aliphatic rings. The quantitative estimate of drug-likeness (QED) is 0.534. The van der Waals surface area contributed by atoms with Gasteiger partial charge >= 0.3 is 0 Å². The summed E-state index contributed by atoms with van der Waals surface area (Å²) in [6, 6.07) is 3.04. The SMILES string of the molecule is CSc1ncc(CN2[C@@H]3CC[C@@H]2c2cnc4cc(C)nn4c2C3)cn1. The fourth-order valence-electron chi connectivity index (χ4n) is 4.28. The summed E-state index contributed by atoms with van der Waals surface area (Å²) < 4.78 is 2.06. The van der Waals surface area contributed by atoms with Crippen LogP contribution in [0.5, 0.6) is 0 Å². The summed E-state index contributed by atoms with van der Waals surface area (Å²) in [6.07, 6.45) is 11.5. The van der Waals surface area contributed by atoms with Gasteiger partial charge in [-0.05, 0) is 26.0 Å². The molecule has 0 radical (unpaired) electrons. The molecule has 0 spiro atoms. The molecule has 5 heterocycles. The van der Waals surface area contributed by atoms with Gasteiger partial charge in [-0.1, -0.05) is 11.8 Å². The maximum absolute atomic E-state index is 4.66. The molecule has 0 N–H and O–H groups in total. The van der Waals surface area contributed by atoms with Crippen LogP contribution in [-0.2, 0) is 13.0 Å². The normalized spacial score (nSPS) is 22.5.